The Hall–Kier alpha value is -2.07. The Kier molecular flexibility index (Phi) is 4.36. The van der Waals surface area contributed by atoms with Gasteiger partial charge >= 0.3 is 6.16 Å². The fourth-order valence-electron chi connectivity index (χ4n) is 1.76. The lowest BCUT2D eigenvalue weighted by Crippen LogP contribution is -2.07. The highest BCUT2D eigenvalue weighted by atomic mass is 35.5. The summed E-state index contributed by atoms with van der Waals surface area (Å²) in [5, 5.41) is 9.32. The molecule has 0 atom stereocenters. The summed E-state index contributed by atoms with van der Waals surface area (Å²) in [4.78, 5) is 14.5. The predicted octanol–water partition coefficient (Wildman–Crippen LogP) is 3.58. The van der Waals surface area contributed by atoms with Crippen LogP contribution in [0.1, 0.15) is 11.1 Å². The second-order valence-electron chi connectivity index (χ2n) is 3.97. The molecule has 0 spiro atoms. The molecule has 0 saturated heterocycles. The number of aromatic nitrogens is 1. The van der Waals surface area contributed by atoms with Gasteiger partial charge in [0.25, 0.3) is 0 Å². The lowest BCUT2D eigenvalue weighted by atomic mass is 10.1. The predicted molar refractivity (Wildman–Crippen MR) is 71.7 cm³/mol. The van der Waals surface area contributed by atoms with Crippen LogP contribution in [0.4, 0.5) is 4.79 Å². The lowest BCUT2D eigenvalue weighted by molar-refractivity contribution is 0.142. The normalized spacial score (nSPS) is 10.2. The smallest absolute Gasteiger partial charge is 0.449 e. The summed E-state index contributed by atoms with van der Waals surface area (Å²) in [6.07, 6.45) is 1.52. The number of benzene rings is 1. The summed E-state index contributed by atoms with van der Waals surface area (Å²) in [6.45, 7) is 0. The highest BCUT2D eigenvalue weighted by Crippen LogP contribution is 2.18. The van der Waals surface area contributed by atoms with E-state index in [1.54, 1.807) is 12.1 Å². The Morgan fingerprint density at radius 1 is 1.26 bits per heavy atom. The van der Waals surface area contributed by atoms with Crippen molar-refractivity contribution in [3.05, 3.63) is 58.7 Å². The fourth-order valence-corrected chi connectivity index (χ4v) is 1.97. The van der Waals surface area contributed by atoms with Gasteiger partial charge in [-0.1, -0.05) is 29.8 Å². The van der Waals surface area contributed by atoms with Crippen LogP contribution in [0.25, 0.3) is 0 Å². The second-order valence-corrected chi connectivity index (χ2v) is 4.40. The van der Waals surface area contributed by atoms with Gasteiger partial charge in [0.15, 0.2) is 0 Å². The molecule has 1 aromatic carbocycles. The van der Waals surface area contributed by atoms with Crippen molar-refractivity contribution in [2.45, 2.75) is 12.8 Å². The van der Waals surface area contributed by atoms with Gasteiger partial charge in [-0.25, -0.2) is 9.78 Å². The summed E-state index contributed by atoms with van der Waals surface area (Å²) in [5.41, 5.74) is 1.84. The number of carbonyl (C=O) groups is 1. The average Bonchev–Trinajstić information content (AvgIpc) is 2.37. The second kappa shape index (κ2) is 6.20. The molecule has 0 saturated carbocycles. The monoisotopic (exact) mass is 277 g/mol. The average molecular weight is 278 g/mol. The van der Waals surface area contributed by atoms with Crippen LogP contribution in [-0.4, -0.2) is 16.2 Å². The zero-order chi connectivity index (χ0) is 13.7. The van der Waals surface area contributed by atoms with E-state index in [0.29, 0.717) is 11.4 Å². The standard InChI is InChI=1S/C14H12ClNO3/c15-12-5-1-3-10(9-12)6-7-11-4-2-8-16-13(11)19-14(17)18/h1-5,8-9H,6-7H2,(H,17,18). The molecule has 19 heavy (non-hydrogen) atoms. The molecule has 1 N–H and O–H groups in total. The van der Waals surface area contributed by atoms with Crippen LogP contribution < -0.4 is 4.74 Å². The maximum Gasteiger partial charge on any atom is 0.512 e. The van der Waals surface area contributed by atoms with E-state index in [-0.39, 0.29) is 5.88 Å². The van der Waals surface area contributed by atoms with E-state index in [9.17, 15) is 4.79 Å². The molecule has 2 rings (SSSR count). The van der Waals surface area contributed by atoms with E-state index in [4.69, 9.17) is 16.7 Å². The first kappa shape index (κ1) is 13.4. The van der Waals surface area contributed by atoms with Crippen LogP contribution in [0.15, 0.2) is 42.6 Å². The molecule has 0 bridgehead atoms. The van der Waals surface area contributed by atoms with Crippen LogP contribution in [0.3, 0.4) is 0 Å². The number of pyridine rings is 1. The van der Waals surface area contributed by atoms with Crippen molar-refractivity contribution < 1.29 is 14.6 Å². The quantitative estimate of drug-likeness (QED) is 0.868. The van der Waals surface area contributed by atoms with Gasteiger partial charge in [-0.15, -0.1) is 0 Å². The summed E-state index contributed by atoms with van der Waals surface area (Å²) in [6, 6.07) is 11.1. The van der Waals surface area contributed by atoms with Gasteiger partial charge < -0.3 is 9.84 Å². The molecular formula is C14H12ClNO3. The van der Waals surface area contributed by atoms with Crippen molar-refractivity contribution in [1.82, 2.24) is 4.98 Å². The van der Waals surface area contributed by atoms with Crippen molar-refractivity contribution >= 4 is 17.8 Å². The van der Waals surface area contributed by atoms with E-state index in [1.165, 1.54) is 6.20 Å². The Balaban J connectivity index is 2.09. The van der Waals surface area contributed by atoms with Crippen molar-refractivity contribution in [3.8, 4) is 5.88 Å². The number of hydrogen-bond donors (Lipinski definition) is 1. The number of carboxylic acid groups (broad SMARTS) is 1. The van der Waals surface area contributed by atoms with Crippen molar-refractivity contribution in [2.24, 2.45) is 0 Å². The highest BCUT2D eigenvalue weighted by Gasteiger charge is 2.08. The molecule has 4 nitrogen and oxygen atoms in total. The first-order valence-electron chi connectivity index (χ1n) is 5.74. The maximum absolute atomic E-state index is 10.6. The van der Waals surface area contributed by atoms with Crippen molar-refractivity contribution in [2.75, 3.05) is 0 Å². The van der Waals surface area contributed by atoms with Crippen LogP contribution in [-0.2, 0) is 12.8 Å². The molecule has 1 heterocycles. The first-order valence-corrected chi connectivity index (χ1v) is 6.12. The van der Waals surface area contributed by atoms with E-state index >= 15 is 0 Å². The Bertz CT molecular complexity index is 586. The molecule has 0 fully saturated rings. The maximum atomic E-state index is 10.6. The third kappa shape index (κ3) is 3.96. The zero-order valence-corrected chi connectivity index (χ0v) is 10.8. The topological polar surface area (TPSA) is 59.4 Å². The molecule has 2 aromatic rings. The Labute approximate surface area is 115 Å². The largest absolute Gasteiger partial charge is 0.512 e. The van der Waals surface area contributed by atoms with E-state index in [0.717, 1.165) is 17.5 Å². The van der Waals surface area contributed by atoms with Gasteiger partial charge in [-0.3, -0.25) is 0 Å². The van der Waals surface area contributed by atoms with E-state index < -0.39 is 6.16 Å². The number of halogens is 1. The molecule has 5 heteroatoms. The molecular weight excluding hydrogens is 266 g/mol. The minimum Gasteiger partial charge on any atom is -0.449 e. The van der Waals surface area contributed by atoms with Gasteiger partial charge in [0.2, 0.25) is 5.88 Å². The van der Waals surface area contributed by atoms with Gasteiger partial charge in [0.05, 0.1) is 0 Å². The van der Waals surface area contributed by atoms with Crippen LogP contribution in [0.5, 0.6) is 5.88 Å². The van der Waals surface area contributed by atoms with Gasteiger partial charge in [0, 0.05) is 16.8 Å². The molecule has 0 amide bonds. The molecule has 0 aliphatic carbocycles. The molecule has 0 unspecified atom stereocenters. The third-order valence-corrected chi connectivity index (χ3v) is 2.84. The van der Waals surface area contributed by atoms with Crippen LogP contribution >= 0.6 is 11.6 Å². The third-order valence-electron chi connectivity index (χ3n) is 2.61. The molecule has 0 aliphatic heterocycles. The SMILES string of the molecule is O=C(O)Oc1ncccc1CCc1cccc(Cl)c1. The minimum atomic E-state index is -1.36. The number of nitrogens with zero attached hydrogens (tertiary/aromatic N) is 1. The summed E-state index contributed by atoms with van der Waals surface area (Å²) in [5.74, 6) is 0.136. The van der Waals surface area contributed by atoms with E-state index in [1.807, 2.05) is 24.3 Å². The number of aryl methyl sites for hydroxylation is 2. The van der Waals surface area contributed by atoms with Crippen LogP contribution in [0.2, 0.25) is 5.02 Å². The van der Waals surface area contributed by atoms with Gasteiger partial charge in [-0.05, 0) is 36.6 Å². The first-order chi connectivity index (χ1) is 9.15. The summed E-state index contributed by atoms with van der Waals surface area (Å²) < 4.78 is 4.64. The van der Waals surface area contributed by atoms with E-state index in [2.05, 4.69) is 9.72 Å². The minimum absolute atomic E-state index is 0.136. The fraction of sp³-hybridized carbons (Fsp3) is 0.143. The highest BCUT2D eigenvalue weighted by molar-refractivity contribution is 6.30. The zero-order valence-electron chi connectivity index (χ0n) is 10.0. The molecule has 0 aliphatic rings. The Morgan fingerprint density at radius 3 is 2.84 bits per heavy atom. The molecule has 98 valence electrons. The van der Waals surface area contributed by atoms with Gasteiger partial charge in [0.1, 0.15) is 0 Å². The summed E-state index contributed by atoms with van der Waals surface area (Å²) in [7, 11) is 0. The Morgan fingerprint density at radius 2 is 2.11 bits per heavy atom. The van der Waals surface area contributed by atoms with Crippen molar-refractivity contribution in [3.63, 3.8) is 0 Å². The number of rotatable bonds is 4. The lowest BCUT2D eigenvalue weighted by Gasteiger charge is -2.06. The number of hydrogen-bond acceptors (Lipinski definition) is 3. The molecule has 1 aromatic heterocycles. The van der Waals surface area contributed by atoms with Crippen LogP contribution in [0, 0.1) is 0 Å². The van der Waals surface area contributed by atoms with Gasteiger partial charge in [-0.2, -0.15) is 0 Å². The molecule has 0 radical (unpaired) electrons. The van der Waals surface area contributed by atoms with Crippen molar-refractivity contribution in [1.29, 1.82) is 0 Å². The summed E-state index contributed by atoms with van der Waals surface area (Å²) >= 11 is 5.91. The number of ether oxygens (including phenoxy) is 1.